The standard InChI is InChI=1S/C46H56N2O7/c1-6-37-30-41(52-26-10-8-7-9-12-35-14-16-36(17-15-35)13-11-27-53-46(51)43-31-47-32-48-43)22-23-42(37)40-20-18-38(19-21-40)39(24-28-54-44(49)33(2)3)25-29-55-45(50)34(4)5/h14-23,30-32,39H,2,4,6-13,24-29H2,1,3,5H3,(H,47,48). The van der Waals surface area contributed by atoms with Gasteiger partial charge in [0.15, 0.2) is 0 Å². The van der Waals surface area contributed by atoms with Crippen LogP contribution in [-0.2, 0) is 43.1 Å². The summed E-state index contributed by atoms with van der Waals surface area (Å²) < 4.78 is 22.2. The zero-order chi connectivity index (χ0) is 39.4. The quantitative estimate of drug-likeness (QED) is 0.0326. The number of esters is 3. The van der Waals surface area contributed by atoms with E-state index in [1.807, 2.05) is 0 Å². The van der Waals surface area contributed by atoms with E-state index in [1.54, 1.807) is 13.8 Å². The molecule has 9 heteroatoms. The van der Waals surface area contributed by atoms with Crippen molar-refractivity contribution in [1.29, 1.82) is 0 Å². The first-order valence-electron chi connectivity index (χ1n) is 19.4. The predicted octanol–water partition coefficient (Wildman–Crippen LogP) is 9.71. The van der Waals surface area contributed by atoms with Gasteiger partial charge in [-0.1, -0.05) is 87.5 Å². The van der Waals surface area contributed by atoms with Gasteiger partial charge < -0.3 is 23.9 Å². The van der Waals surface area contributed by atoms with Crippen LogP contribution in [0.5, 0.6) is 5.75 Å². The highest BCUT2D eigenvalue weighted by atomic mass is 16.5. The molecular formula is C46H56N2O7. The fourth-order valence-electron chi connectivity index (χ4n) is 6.21. The first kappa shape index (κ1) is 42.3. The SMILES string of the molecule is C=C(C)C(=O)OCCC(CCOC(=O)C(=C)C)c1ccc(-c2ccc(OCCCCCCc3ccc(CCCOC(=O)c4cnc[nH]4)cc3)cc2CC)cc1. The Morgan fingerprint density at radius 3 is 1.91 bits per heavy atom. The van der Waals surface area contributed by atoms with Gasteiger partial charge >= 0.3 is 17.9 Å². The zero-order valence-electron chi connectivity index (χ0n) is 32.7. The van der Waals surface area contributed by atoms with Crippen LogP contribution in [0.3, 0.4) is 0 Å². The van der Waals surface area contributed by atoms with Crippen LogP contribution in [-0.4, -0.2) is 54.3 Å². The van der Waals surface area contributed by atoms with Gasteiger partial charge in [0, 0.05) is 11.1 Å². The molecule has 4 aromatic rings. The second-order valence-electron chi connectivity index (χ2n) is 13.9. The molecule has 0 fully saturated rings. The molecule has 0 saturated heterocycles. The Kier molecular flexibility index (Phi) is 17.5. The maximum atomic E-state index is 11.9. The molecule has 0 bridgehead atoms. The molecule has 0 aliphatic heterocycles. The van der Waals surface area contributed by atoms with E-state index in [0.29, 0.717) is 42.9 Å². The van der Waals surface area contributed by atoms with E-state index in [2.05, 4.69) is 96.8 Å². The molecule has 0 saturated carbocycles. The summed E-state index contributed by atoms with van der Waals surface area (Å²) in [5.74, 6) is -0.259. The van der Waals surface area contributed by atoms with E-state index in [1.165, 1.54) is 34.8 Å². The highest BCUT2D eigenvalue weighted by molar-refractivity contribution is 5.87. The molecule has 0 spiro atoms. The van der Waals surface area contributed by atoms with Crippen molar-refractivity contribution in [2.24, 2.45) is 0 Å². The Hall–Kier alpha value is -5.44. The number of aromatic nitrogens is 2. The molecule has 3 aromatic carbocycles. The second kappa shape index (κ2) is 22.7. The summed E-state index contributed by atoms with van der Waals surface area (Å²) in [6.07, 6.45) is 12.1. The maximum Gasteiger partial charge on any atom is 0.356 e. The van der Waals surface area contributed by atoms with Crippen molar-refractivity contribution in [2.75, 3.05) is 26.4 Å². The van der Waals surface area contributed by atoms with E-state index >= 15 is 0 Å². The summed E-state index contributed by atoms with van der Waals surface area (Å²) in [5.41, 5.74) is 8.29. The minimum Gasteiger partial charge on any atom is -0.494 e. The topological polar surface area (TPSA) is 117 Å². The second-order valence-corrected chi connectivity index (χ2v) is 13.9. The van der Waals surface area contributed by atoms with Crippen LogP contribution in [0.2, 0.25) is 0 Å². The number of nitrogens with zero attached hydrogens (tertiary/aromatic N) is 1. The summed E-state index contributed by atoms with van der Waals surface area (Å²) in [4.78, 5) is 42.3. The van der Waals surface area contributed by atoms with Crippen LogP contribution < -0.4 is 4.74 Å². The number of unbranched alkanes of at least 4 members (excludes halogenated alkanes) is 3. The van der Waals surface area contributed by atoms with Crippen molar-refractivity contribution in [3.05, 3.63) is 132 Å². The summed E-state index contributed by atoms with van der Waals surface area (Å²) in [5, 5.41) is 0. The molecule has 292 valence electrons. The van der Waals surface area contributed by atoms with Gasteiger partial charge in [-0.25, -0.2) is 19.4 Å². The number of carbonyl (C=O) groups is 3. The van der Waals surface area contributed by atoms with Crippen LogP contribution in [0.1, 0.15) is 104 Å². The Balaban J connectivity index is 1.17. The summed E-state index contributed by atoms with van der Waals surface area (Å²) in [6.45, 7) is 14.3. The normalized spacial score (nSPS) is 10.9. The monoisotopic (exact) mass is 748 g/mol. The molecular weight excluding hydrogens is 693 g/mol. The first-order chi connectivity index (χ1) is 26.6. The minimum absolute atomic E-state index is 0.0364. The number of H-pyrrole nitrogens is 1. The lowest BCUT2D eigenvalue weighted by Crippen LogP contribution is -2.13. The number of hydrogen-bond acceptors (Lipinski definition) is 8. The summed E-state index contributed by atoms with van der Waals surface area (Å²) in [6, 6.07) is 23.5. The van der Waals surface area contributed by atoms with E-state index in [-0.39, 0.29) is 25.1 Å². The van der Waals surface area contributed by atoms with Gasteiger partial charge in [-0.2, -0.15) is 0 Å². The van der Waals surface area contributed by atoms with Crippen LogP contribution >= 0.6 is 0 Å². The minimum atomic E-state index is -0.407. The molecule has 9 nitrogen and oxygen atoms in total. The highest BCUT2D eigenvalue weighted by Crippen LogP contribution is 2.31. The fraction of sp³-hybridized carbons (Fsp3) is 0.391. The largest absolute Gasteiger partial charge is 0.494 e. The molecule has 0 amide bonds. The lowest BCUT2D eigenvalue weighted by atomic mass is 9.90. The first-order valence-corrected chi connectivity index (χ1v) is 19.4. The molecule has 1 heterocycles. The number of ether oxygens (including phenoxy) is 4. The molecule has 55 heavy (non-hydrogen) atoms. The van der Waals surface area contributed by atoms with Gasteiger partial charge in [-0.3, -0.25) is 0 Å². The maximum absolute atomic E-state index is 11.9. The Morgan fingerprint density at radius 1 is 0.709 bits per heavy atom. The van der Waals surface area contributed by atoms with Crippen molar-refractivity contribution in [3.63, 3.8) is 0 Å². The number of carbonyl (C=O) groups excluding carboxylic acids is 3. The molecule has 0 atom stereocenters. The van der Waals surface area contributed by atoms with Crippen LogP contribution in [0, 0.1) is 0 Å². The van der Waals surface area contributed by atoms with Crippen molar-refractivity contribution >= 4 is 17.9 Å². The predicted molar refractivity (Wildman–Crippen MR) is 216 cm³/mol. The summed E-state index contributed by atoms with van der Waals surface area (Å²) >= 11 is 0. The number of hydrogen-bond donors (Lipinski definition) is 1. The third kappa shape index (κ3) is 14.4. The number of aromatic amines is 1. The molecule has 4 rings (SSSR count). The van der Waals surface area contributed by atoms with Gasteiger partial charge in [0.25, 0.3) is 0 Å². The number of benzene rings is 3. The number of imidazole rings is 1. The highest BCUT2D eigenvalue weighted by Gasteiger charge is 2.16. The van der Waals surface area contributed by atoms with Gasteiger partial charge in [0.2, 0.25) is 0 Å². The van der Waals surface area contributed by atoms with Crippen LogP contribution in [0.15, 0.2) is 104 Å². The lowest BCUT2D eigenvalue weighted by molar-refractivity contribution is -0.139. The Labute approximate surface area is 326 Å². The van der Waals surface area contributed by atoms with E-state index < -0.39 is 11.9 Å². The molecule has 1 aromatic heterocycles. The third-order valence-corrected chi connectivity index (χ3v) is 9.46. The average molecular weight is 749 g/mol. The average Bonchev–Trinajstić information content (AvgIpc) is 3.74. The Bertz CT molecular complexity index is 1800. The van der Waals surface area contributed by atoms with Gasteiger partial charge in [0.1, 0.15) is 11.4 Å². The molecule has 0 aliphatic carbocycles. The van der Waals surface area contributed by atoms with Crippen molar-refractivity contribution in [2.45, 2.75) is 90.9 Å². The zero-order valence-corrected chi connectivity index (χ0v) is 32.7. The molecule has 0 unspecified atom stereocenters. The fourth-order valence-corrected chi connectivity index (χ4v) is 6.21. The Morgan fingerprint density at radius 2 is 1.33 bits per heavy atom. The molecule has 0 aliphatic rings. The number of rotatable bonds is 24. The van der Waals surface area contributed by atoms with Crippen molar-refractivity contribution in [1.82, 2.24) is 9.97 Å². The van der Waals surface area contributed by atoms with E-state index in [9.17, 15) is 14.4 Å². The van der Waals surface area contributed by atoms with Crippen molar-refractivity contribution < 1.29 is 33.3 Å². The third-order valence-electron chi connectivity index (χ3n) is 9.46. The van der Waals surface area contributed by atoms with Crippen molar-refractivity contribution in [3.8, 4) is 16.9 Å². The lowest BCUT2D eigenvalue weighted by Gasteiger charge is -2.19. The van der Waals surface area contributed by atoms with Crippen LogP contribution in [0.25, 0.3) is 11.1 Å². The smallest absolute Gasteiger partial charge is 0.356 e. The van der Waals surface area contributed by atoms with E-state index in [4.69, 9.17) is 18.9 Å². The molecule has 1 N–H and O–H groups in total. The van der Waals surface area contributed by atoms with Gasteiger partial charge in [-0.15, -0.1) is 0 Å². The summed E-state index contributed by atoms with van der Waals surface area (Å²) in [7, 11) is 0. The van der Waals surface area contributed by atoms with Crippen LogP contribution in [0.4, 0.5) is 0 Å². The van der Waals surface area contributed by atoms with Gasteiger partial charge in [-0.05, 0) is 117 Å². The number of aryl methyl sites for hydroxylation is 3. The van der Waals surface area contributed by atoms with Gasteiger partial charge in [0.05, 0.1) is 39.0 Å². The number of nitrogens with one attached hydrogen (secondary N) is 1. The molecule has 0 radical (unpaired) electrons. The van der Waals surface area contributed by atoms with E-state index in [0.717, 1.165) is 68.2 Å².